The lowest BCUT2D eigenvalue weighted by Crippen LogP contribution is -2.36. The van der Waals surface area contributed by atoms with Crippen LogP contribution in [0.4, 0.5) is 5.69 Å². The van der Waals surface area contributed by atoms with Crippen LogP contribution in [0.25, 0.3) is 0 Å². The van der Waals surface area contributed by atoms with Gasteiger partial charge in [-0.1, -0.05) is 36.4 Å². The monoisotopic (exact) mass is 339 g/mol. The summed E-state index contributed by atoms with van der Waals surface area (Å²) >= 11 is 0. The summed E-state index contributed by atoms with van der Waals surface area (Å²) in [5, 5.41) is 13.7. The maximum absolute atomic E-state index is 13.0. The van der Waals surface area contributed by atoms with Crippen molar-refractivity contribution in [3.63, 3.8) is 0 Å². The summed E-state index contributed by atoms with van der Waals surface area (Å²) in [6.45, 7) is 0.690. The van der Waals surface area contributed by atoms with E-state index in [0.29, 0.717) is 13.1 Å². The van der Waals surface area contributed by atoms with E-state index in [1.54, 1.807) is 11.0 Å². The largest absolute Gasteiger partial charge is 0.354 e. The fourth-order valence-corrected chi connectivity index (χ4v) is 2.96. The average molecular weight is 339 g/mol. The SMILES string of the molecule is O=C1C[C@H](c2ccccc2)N(C(=O)c2cccc([N+](=O)[O-])c2)CCN1. The molecule has 25 heavy (non-hydrogen) atoms. The molecule has 2 amide bonds. The number of hydrogen-bond acceptors (Lipinski definition) is 4. The van der Waals surface area contributed by atoms with E-state index < -0.39 is 11.0 Å². The lowest BCUT2D eigenvalue weighted by molar-refractivity contribution is -0.384. The normalized spacial score (nSPS) is 17.5. The number of benzene rings is 2. The molecule has 0 aromatic heterocycles. The minimum Gasteiger partial charge on any atom is -0.354 e. The third kappa shape index (κ3) is 3.65. The van der Waals surface area contributed by atoms with Crippen molar-refractivity contribution >= 4 is 17.5 Å². The zero-order valence-electron chi connectivity index (χ0n) is 13.4. The highest BCUT2D eigenvalue weighted by atomic mass is 16.6. The second-order valence-corrected chi connectivity index (χ2v) is 5.79. The average Bonchev–Trinajstić information content (AvgIpc) is 2.83. The Bertz CT molecular complexity index is 807. The first-order chi connectivity index (χ1) is 12.1. The minimum atomic E-state index is -0.529. The number of amides is 2. The first-order valence-corrected chi connectivity index (χ1v) is 7.93. The standard InChI is InChI=1S/C18H17N3O4/c22-17-12-16(13-5-2-1-3-6-13)20(10-9-19-17)18(23)14-7-4-8-15(11-14)21(24)25/h1-8,11,16H,9-10,12H2,(H,19,22)/t16-/m1/s1. The molecule has 0 radical (unpaired) electrons. The Hall–Kier alpha value is -3.22. The van der Waals surface area contributed by atoms with Gasteiger partial charge in [-0.25, -0.2) is 0 Å². The molecule has 1 aliphatic rings. The van der Waals surface area contributed by atoms with E-state index in [-0.39, 0.29) is 29.5 Å². The van der Waals surface area contributed by atoms with Crippen molar-refractivity contribution in [3.05, 3.63) is 75.8 Å². The van der Waals surface area contributed by atoms with Crippen molar-refractivity contribution in [2.24, 2.45) is 0 Å². The smallest absolute Gasteiger partial charge is 0.270 e. The molecular weight excluding hydrogens is 322 g/mol. The van der Waals surface area contributed by atoms with Gasteiger partial charge in [-0.05, 0) is 11.6 Å². The summed E-state index contributed by atoms with van der Waals surface area (Å²) in [6.07, 6.45) is 0.157. The molecule has 1 N–H and O–H groups in total. The molecule has 1 heterocycles. The fraction of sp³-hybridized carbons (Fsp3) is 0.222. The van der Waals surface area contributed by atoms with Gasteiger partial charge in [0.25, 0.3) is 11.6 Å². The predicted molar refractivity (Wildman–Crippen MR) is 90.9 cm³/mol. The van der Waals surface area contributed by atoms with Gasteiger partial charge in [-0.15, -0.1) is 0 Å². The van der Waals surface area contributed by atoms with Crippen LogP contribution < -0.4 is 5.32 Å². The van der Waals surface area contributed by atoms with Crippen molar-refractivity contribution in [2.45, 2.75) is 12.5 Å². The summed E-state index contributed by atoms with van der Waals surface area (Å²) in [4.78, 5) is 37.0. The first-order valence-electron chi connectivity index (χ1n) is 7.93. The van der Waals surface area contributed by atoms with Crippen molar-refractivity contribution in [1.29, 1.82) is 0 Å². The van der Waals surface area contributed by atoms with Crippen LogP contribution in [-0.2, 0) is 4.79 Å². The van der Waals surface area contributed by atoms with Crippen LogP contribution in [0.2, 0.25) is 0 Å². The van der Waals surface area contributed by atoms with Crippen LogP contribution in [0.15, 0.2) is 54.6 Å². The van der Waals surface area contributed by atoms with E-state index in [4.69, 9.17) is 0 Å². The number of nitro benzene ring substituents is 1. The predicted octanol–water partition coefficient (Wildman–Crippen LogP) is 2.30. The number of non-ortho nitro benzene ring substituents is 1. The number of nitro groups is 1. The molecule has 7 nitrogen and oxygen atoms in total. The molecule has 1 saturated heterocycles. The second kappa shape index (κ2) is 7.12. The van der Waals surface area contributed by atoms with Gasteiger partial charge in [0.1, 0.15) is 0 Å². The molecule has 1 aliphatic heterocycles. The topological polar surface area (TPSA) is 92.5 Å². The first kappa shape index (κ1) is 16.6. The van der Waals surface area contributed by atoms with Gasteiger partial charge in [0, 0.05) is 30.8 Å². The molecule has 2 aromatic rings. The number of nitrogens with zero attached hydrogens (tertiary/aromatic N) is 2. The molecule has 128 valence electrons. The Morgan fingerprint density at radius 3 is 2.64 bits per heavy atom. The van der Waals surface area contributed by atoms with Crippen molar-refractivity contribution in [1.82, 2.24) is 10.2 Å². The summed E-state index contributed by atoms with van der Waals surface area (Å²) < 4.78 is 0. The van der Waals surface area contributed by atoms with E-state index in [1.807, 2.05) is 30.3 Å². The number of carbonyl (C=O) groups excluding carboxylic acids is 2. The molecule has 3 rings (SSSR count). The Morgan fingerprint density at radius 2 is 1.92 bits per heavy atom. The Kier molecular flexibility index (Phi) is 4.74. The maximum atomic E-state index is 13.0. The third-order valence-corrected chi connectivity index (χ3v) is 4.18. The molecule has 0 spiro atoms. The van der Waals surface area contributed by atoms with Crippen molar-refractivity contribution < 1.29 is 14.5 Å². The summed E-state index contributed by atoms with van der Waals surface area (Å²) in [5.74, 6) is -0.447. The van der Waals surface area contributed by atoms with Crippen LogP contribution in [-0.4, -0.2) is 34.7 Å². The van der Waals surface area contributed by atoms with Gasteiger partial charge in [0.05, 0.1) is 17.4 Å². The summed E-state index contributed by atoms with van der Waals surface area (Å²) in [6, 6.07) is 14.6. The molecule has 1 fully saturated rings. The quantitative estimate of drug-likeness (QED) is 0.686. The van der Waals surface area contributed by atoms with Gasteiger partial charge in [0.15, 0.2) is 0 Å². The van der Waals surface area contributed by atoms with Gasteiger partial charge in [0.2, 0.25) is 5.91 Å². The van der Waals surface area contributed by atoms with Gasteiger partial charge >= 0.3 is 0 Å². The lowest BCUT2D eigenvalue weighted by atomic mass is 10.0. The number of hydrogen-bond donors (Lipinski definition) is 1. The highest BCUT2D eigenvalue weighted by Gasteiger charge is 2.30. The van der Waals surface area contributed by atoms with Crippen molar-refractivity contribution in [3.8, 4) is 0 Å². The van der Waals surface area contributed by atoms with Crippen LogP contribution in [0.5, 0.6) is 0 Å². The second-order valence-electron chi connectivity index (χ2n) is 5.79. The number of nitrogens with one attached hydrogen (secondary N) is 1. The molecule has 1 atom stereocenters. The fourth-order valence-electron chi connectivity index (χ4n) is 2.96. The molecule has 2 aromatic carbocycles. The molecule has 0 bridgehead atoms. The highest BCUT2D eigenvalue weighted by Crippen LogP contribution is 2.28. The zero-order valence-corrected chi connectivity index (χ0v) is 13.4. The number of rotatable bonds is 3. The molecule has 0 aliphatic carbocycles. The van der Waals surface area contributed by atoms with Crippen LogP contribution in [0.1, 0.15) is 28.4 Å². The zero-order chi connectivity index (χ0) is 17.8. The Balaban J connectivity index is 1.96. The highest BCUT2D eigenvalue weighted by molar-refractivity contribution is 5.95. The third-order valence-electron chi connectivity index (χ3n) is 4.18. The van der Waals surface area contributed by atoms with Crippen LogP contribution in [0, 0.1) is 10.1 Å². The minimum absolute atomic E-state index is 0.122. The summed E-state index contributed by atoms with van der Waals surface area (Å²) in [5.41, 5.74) is 0.967. The van der Waals surface area contributed by atoms with Crippen LogP contribution in [0.3, 0.4) is 0 Å². The van der Waals surface area contributed by atoms with E-state index in [0.717, 1.165) is 5.56 Å². The van der Waals surface area contributed by atoms with Gasteiger partial charge in [-0.2, -0.15) is 0 Å². The van der Waals surface area contributed by atoms with E-state index in [1.165, 1.54) is 18.2 Å². The van der Waals surface area contributed by atoms with Gasteiger partial charge in [-0.3, -0.25) is 19.7 Å². The van der Waals surface area contributed by atoms with E-state index >= 15 is 0 Å². The van der Waals surface area contributed by atoms with Crippen molar-refractivity contribution in [2.75, 3.05) is 13.1 Å². The maximum Gasteiger partial charge on any atom is 0.270 e. The number of carbonyl (C=O) groups is 2. The van der Waals surface area contributed by atoms with E-state index in [9.17, 15) is 19.7 Å². The Labute approximate surface area is 144 Å². The molecule has 0 unspecified atom stereocenters. The lowest BCUT2D eigenvalue weighted by Gasteiger charge is -2.29. The molecular formula is C18H17N3O4. The Morgan fingerprint density at radius 1 is 1.16 bits per heavy atom. The van der Waals surface area contributed by atoms with E-state index in [2.05, 4.69) is 5.32 Å². The summed E-state index contributed by atoms with van der Waals surface area (Å²) in [7, 11) is 0. The van der Waals surface area contributed by atoms with Crippen LogP contribution >= 0.6 is 0 Å². The molecule has 7 heteroatoms. The van der Waals surface area contributed by atoms with Gasteiger partial charge < -0.3 is 10.2 Å². The molecule has 0 saturated carbocycles.